The van der Waals surface area contributed by atoms with Crippen LogP contribution in [0.1, 0.15) is 27.5 Å². The first-order valence-corrected chi connectivity index (χ1v) is 11.2. The molecule has 1 aliphatic carbocycles. The SMILES string of the molecule is Cn1ncc(NC(=O)C2COCC2NC(=O)OCC2c3ccccc3-c3ccccc32)c1C(=O)O. The number of hydrogen-bond donors (Lipinski definition) is 3. The number of alkyl carbamates (subject to hydrolysis) is 1. The molecule has 0 bridgehead atoms. The van der Waals surface area contributed by atoms with Gasteiger partial charge in [0.05, 0.1) is 37.1 Å². The summed E-state index contributed by atoms with van der Waals surface area (Å²) in [5.41, 5.74) is 4.42. The third-order valence-electron chi connectivity index (χ3n) is 6.46. The van der Waals surface area contributed by atoms with E-state index in [2.05, 4.69) is 27.9 Å². The molecule has 3 N–H and O–H groups in total. The maximum atomic E-state index is 12.8. The van der Waals surface area contributed by atoms with E-state index >= 15 is 0 Å². The number of carbonyl (C=O) groups is 3. The molecule has 180 valence electrons. The van der Waals surface area contributed by atoms with Crippen LogP contribution in [0.4, 0.5) is 10.5 Å². The van der Waals surface area contributed by atoms with Crippen molar-refractivity contribution in [3.05, 3.63) is 71.5 Å². The fourth-order valence-corrected chi connectivity index (χ4v) is 4.75. The minimum absolute atomic E-state index is 0.0768. The van der Waals surface area contributed by atoms with Gasteiger partial charge in [-0.2, -0.15) is 5.10 Å². The molecule has 1 saturated heterocycles. The number of benzene rings is 2. The number of nitrogens with zero attached hydrogens (tertiary/aromatic N) is 2. The highest BCUT2D eigenvalue weighted by Crippen LogP contribution is 2.44. The lowest BCUT2D eigenvalue weighted by molar-refractivity contribution is -0.120. The van der Waals surface area contributed by atoms with E-state index in [4.69, 9.17) is 9.47 Å². The Kier molecular flexibility index (Phi) is 5.96. The average molecular weight is 476 g/mol. The van der Waals surface area contributed by atoms with Gasteiger partial charge in [-0.05, 0) is 22.3 Å². The van der Waals surface area contributed by atoms with Gasteiger partial charge in [0.2, 0.25) is 5.91 Å². The van der Waals surface area contributed by atoms with Crippen LogP contribution >= 0.6 is 0 Å². The molecule has 1 fully saturated rings. The molecule has 10 nitrogen and oxygen atoms in total. The van der Waals surface area contributed by atoms with E-state index in [1.807, 2.05) is 36.4 Å². The van der Waals surface area contributed by atoms with Crippen molar-refractivity contribution < 1.29 is 29.0 Å². The smallest absolute Gasteiger partial charge is 0.407 e. The normalized spacial score (nSPS) is 18.5. The number of aryl methyl sites for hydroxylation is 1. The first kappa shape index (κ1) is 22.6. The molecule has 1 aromatic heterocycles. The summed E-state index contributed by atoms with van der Waals surface area (Å²) in [6, 6.07) is 15.5. The highest BCUT2D eigenvalue weighted by molar-refractivity contribution is 6.00. The number of hydrogen-bond acceptors (Lipinski definition) is 6. The topological polar surface area (TPSA) is 132 Å². The number of carbonyl (C=O) groups excluding carboxylic acids is 2. The Morgan fingerprint density at radius 2 is 1.74 bits per heavy atom. The molecule has 3 aromatic rings. The summed E-state index contributed by atoms with van der Waals surface area (Å²) >= 11 is 0. The Morgan fingerprint density at radius 1 is 1.09 bits per heavy atom. The summed E-state index contributed by atoms with van der Waals surface area (Å²) in [6.45, 7) is 0.381. The van der Waals surface area contributed by atoms with Crippen molar-refractivity contribution >= 4 is 23.7 Å². The minimum Gasteiger partial charge on any atom is -0.476 e. The molecule has 2 unspecified atom stereocenters. The molecule has 2 aliphatic rings. The van der Waals surface area contributed by atoms with Crippen molar-refractivity contribution in [2.24, 2.45) is 13.0 Å². The maximum absolute atomic E-state index is 12.8. The standard InChI is InChI=1S/C25H24N4O6/c1-29-22(24(31)32)20(10-26-29)27-23(30)19-11-34-13-21(19)28-25(33)35-12-18-16-8-4-2-6-14(16)15-7-3-5-9-17(15)18/h2-10,18-19,21H,11-13H2,1H3,(H,27,30)(H,28,33)(H,31,32). The van der Waals surface area contributed by atoms with Crippen molar-refractivity contribution in [2.75, 3.05) is 25.1 Å². The molecular formula is C25H24N4O6. The van der Waals surface area contributed by atoms with Crippen molar-refractivity contribution in [1.29, 1.82) is 0 Å². The van der Waals surface area contributed by atoms with Gasteiger partial charge in [-0.25, -0.2) is 9.59 Å². The Morgan fingerprint density at radius 3 is 2.40 bits per heavy atom. The number of nitrogens with one attached hydrogen (secondary N) is 2. The number of amides is 2. The summed E-state index contributed by atoms with van der Waals surface area (Å²) < 4.78 is 12.2. The van der Waals surface area contributed by atoms with E-state index in [1.54, 1.807) is 0 Å². The predicted octanol–water partition coefficient (Wildman–Crippen LogP) is 2.61. The van der Waals surface area contributed by atoms with Gasteiger partial charge < -0.3 is 25.2 Å². The van der Waals surface area contributed by atoms with E-state index in [0.29, 0.717) is 0 Å². The zero-order valence-electron chi connectivity index (χ0n) is 18.9. The quantitative estimate of drug-likeness (QED) is 0.498. The van der Waals surface area contributed by atoms with E-state index in [9.17, 15) is 19.5 Å². The zero-order chi connectivity index (χ0) is 24.5. The van der Waals surface area contributed by atoms with Gasteiger partial charge in [0.1, 0.15) is 6.61 Å². The lowest BCUT2D eigenvalue weighted by Gasteiger charge is -2.20. The second kappa shape index (κ2) is 9.22. The number of anilines is 1. The van der Waals surface area contributed by atoms with Gasteiger partial charge in [0.15, 0.2) is 5.69 Å². The highest BCUT2D eigenvalue weighted by Gasteiger charge is 2.37. The second-order valence-electron chi connectivity index (χ2n) is 8.55. The zero-order valence-corrected chi connectivity index (χ0v) is 18.9. The highest BCUT2D eigenvalue weighted by atomic mass is 16.5. The molecule has 2 heterocycles. The molecule has 0 radical (unpaired) electrons. The number of aromatic nitrogens is 2. The van der Waals surface area contributed by atoms with Crippen LogP contribution < -0.4 is 10.6 Å². The lowest BCUT2D eigenvalue weighted by atomic mass is 9.98. The predicted molar refractivity (Wildman–Crippen MR) is 125 cm³/mol. The molecule has 1 aliphatic heterocycles. The van der Waals surface area contributed by atoms with Crippen LogP contribution in [0.15, 0.2) is 54.7 Å². The third kappa shape index (κ3) is 4.24. The Bertz CT molecular complexity index is 1260. The van der Waals surface area contributed by atoms with Crippen molar-refractivity contribution in [3.8, 4) is 11.1 Å². The average Bonchev–Trinajstić information content (AvgIpc) is 3.53. The summed E-state index contributed by atoms with van der Waals surface area (Å²) in [4.78, 5) is 36.9. The number of ether oxygens (including phenoxy) is 2. The largest absolute Gasteiger partial charge is 0.476 e. The second-order valence-corrected chi connectivity index (χ2v) is 8.55. The number of carboxylic acid groups (broad SMARTS) is 1. The van der Waals surface area contributed by atoms with E-state index in [0.717, 1.165) is 26.9 Å². The maximum Gasteiger partial charge on any atom is 0.407 e. The Balaban J connectivity index is 1.22. The lowest BCUT2D eigenvalue weighted by Crippen LogP contribution is -2.44. The van der Waals surface area contributed by atoms with Crippen LogP contribution in [0.25, 0.3) is 11.1 Å². The Labute approximate surface area is 200 Å². The molecule has 2 aromatic carbocycles. The van der Waals surface area contributed by atoms with Crippen LogP contribution in [0.2, 0.25) is 0 Å². The fraction of sp³-hybridized carbons (Fsp3) is 0.280. The van der Waals surface area contributed by atoms with Gasteiger partial charge >= 0.3 is 12.1 Å². The van der Waals surface area contributed by atoms with Gasteiger partial charge in [-0.3, -0.25) is 9.48 Å². The molecular weight excluding hydrogens is 452 g/mol. The molecule has 2 amide bonds. The van der Waals surface area contributed by atoms with Crippen LogP contribution in [-0.4, -0.2) is 58.7 Å². The van der Waals surface area contributed by atoms with E-state index in [1.165, 1.54) is 13.2 Å². The molecule has 0 saturated carbocycles. The van der Waals surface area contributed by atoms with Crippen LogP contribution in [0.5, 0.6) is 0 Å². The number of fused-ring (bicyclic) bond motifs is 3. The van der Waals surface area contributed by atoms with Crippen LogP contribution in [0.3, 0.4) is 0 Å². The number of aromatic carboxylic acids is 1. The third-order valence-corrected chi connectivity index (χ3v) is 6.46. The van der Waals surface area contributed by atoms with Gasteiger partial charge in [0, 0.05) is 13.0 Å². The summed E-state index contributed by atoms with van der Waals surface area (Å²) in [5, 5.41) is 18.5. The monoisotopic (exact) mass is 476 g/mol. The number of carboxylic acids is 1. The molecule has 10 heteroatoms. The van der Waals surface area contributed by atoms with Crippen molar-refractivity contribution in [3.63, 3.8) is 0 Å². The molecule has 2 atom stereocenters. The molecule has 5 rings (SSSR count). The first-order chi connectivity index (χ1) is 16.9. The van der Waals surface area contributed by atoms with Crippen LogP contribution in [0, 0.1) is 5.92 Å². The first-order valence-electron chi connectivity index (χ1n) is 11.2. The fourth-order valence-electron chi connectivity index (χ4n) is 4.75. The number of rotatable bonds is 6. The van der Waals surface area contributed by atoms with E-state index < -0.39 is 29.9 Å². The summed E-state index contributed by atoms with van der Waals surface area (Å²) in [6.07, 6.45) is 0.623. The molecule has 0 spiro atoms. The Hall–Kier alpha value is -4.18. The van der Waals surface area contributed by atoms with Gasteiger partial charge in [-0.15, -0.1) is 0 Å². The van der Waals surface area contributed by atoms with Gasteiger partial charge in [-0.1, -0.05) is 48.5 Å². The van der Waals surface area contributed by atoms with Crippen molar-refractivity contribution in [1.82, 2.24) is 15.1 Å². The van der Waals surface area contributed by atoms with Crippen molar-refractivity contribution in [2.45, 2.75) is 12.0 Å². The van der Waals surface area contributed by atoms with Crippen LogP contribution in [-0.2, 0) is 21.3 Å². The summed E-state index contributed by atoms with van der Waals surface area (Å²) in [5.74, 6) is -2.47. The molecule has 35 heavy (non-hydrogen) atoms. The van der Waals surface area contributed by atoms with Gasteiger partial charge in [0.25, 0.3) is 0 Å². The minimum atomic E-state index is -1.21. The van der Waals surface area contributed by atoms with E-state index in [-0.39, 0.29) is 37.1 Å². The summed E-state index contributed by atoms with van der Waals surface area (Å²) in [7, 11) is 1.47.